The number of ether oxygens (including phenoxy) is 1. The quantitative estimate of drug-likeness (QED) is 0.403. The van der Waals surface area contributed by atoms with E-state index in [1.165, 1.54) is 4.31 Å². The zero-order valence-corrected chi connectivity index (χ0v) is 20.8. The minimum absolute atomic E-state index is 0.241. The lowest BCUT2D eigenvalue weighted by Gasteiger charge is -2.34. The van der Waals surface area contributed by atoms with Gasteiger partial charge in [-0.3, -0.25) is 0 Å². The number of anilines is 3. The molecule has 11 nitrogen and oxygen atoms in total. The van der Waals surface area contributed by atoms with Gasteiger partial charge < -0.3 is 15.0 Å². The van der Waals surface area contributed by atoms with Crippen LogP contribution in [0.5, 0.6) is 5.75 Å². The summed E-state index contributed by atoms with van der Waals surface area (Å²) >= 11 is 0. The van der Waals surface area contributed by atoms with E-state index in [4.69, 9.17) is 9.72 Å². The minimum Gasteiger partial charge on any atom is -0.497 e. The lowest BCUT2D eigenvalue weighted by molar-refractivity contribution is 0.382. The van der Waals surface area contributed by atoms with Crippen LogP contribution in [0.4, 0.5) is 17.5 Å². The van der Waals surface area contributed by atoms with E-state index in [2.05, 4.69) is 20.6 Å². The number of benzene rings is 2. The molecule has 1 aliphatic heterocycles. The highest BCUT2D eigenvalue weighted by Crippen LogP contribution is 2.24. The highest BCUT2D eigenvalue weighted by molar-refractivity contribution is 7.89. The Morgan fingerprint density at radius 2 is 1.67 bits per heavy atom. The maximum absolute atomic E-state index is 13.1. The van der Waals surface area contributed by atoms with Crippen molar-refractivity contribution in [2.75, 3.05) is 43.5 Å². The van der Waals surface area contributed by atoms with Gasteiger partial charge in [-0.25, -0.2) is 13.1 Å². The van der Waals surface area contributed by atoms with Gasteiger partial charge >= 0.3 is 0 Å². The predicted octanol–water partition coefficient (Wildman–Crippen LogP) is 2.63. The third-order valence-electron chi connectivity index (χ3n) is 5.90. The van der Waals surface area contributed by atoms with Crippen LogP contribution in [0.25, 0.3) is 5.82 Å². The van der Waals surface area contributed by atoms with E-state index < -0.39 is 10.0 Å². The molecule has 1 aliphatic rings. The molecule has 1 saturated heterocycles. The number of piperazine rings is 1. The van der Waals surface area contributed by atoms with Crippen molar-refractivity contribution in [1.82, 2.24) is 29.3 Å². The summed E-state index contributed by atoms with van der Waals surface area (Å²) in [4.78, 5) is 11.6. The second-order valence-electron chi connectivity index (χ2n) is 8.32. The standard InChI is InChI=1S/C24H26N8O3S/c1-18-3-5-19(6-4-18)26-22-17-23(32-12-11-25-29-32)28-24(27-22)30-13-15-31(16-14-30)36(33,34)21-9-7-20(35-2)8-10-21/h3-12,17H,13-16H2,1-2H3,(H,26,27,28). The maximum atomic E-state index is 13.1. The van der Waals surface area contributed by atoms with Crippen molar-refractivity contribution in [2.24, 2.45) is 0 Å². The first kappa shape index (κ1) is 23.7. The topological polar surface area (TPSA) is 118 Å². The average Bonchev–Trinajstić information content (AvgIpc) is 3.45. The van der Waals surface area contributed by atoms with E-state index in [0.717, 1.165) is 11.3 Å². The van der Waals surface area contributed by atoms with Crippen LogP contribution >= 0.6 is 0 Å². The SMILES string of the molecule is COc1ccc(S(=O)(=O)N2CCN(c3nc(Nc4ccc(C)cc4)cc(-n4ccnn4)n3)CC2)cc1. The predicted molar refractivity (Wildman–Crippen MR) is 135 cm³/mol. The Hall–Kier alpha value is -4.03. The summed E-state index contributed by atoms with van der Waals surface area (Å²) in [5.74, 6) is 2.25. The van der Waals surface area contributed by atoms with Crippen LogP contribution in [0.3, 0.4) is 0 Å². The Morgan fingerprint density at radius 3 is 2.31 bits per heavy atom. The Labute approximate surface area is 209 Å². The Morgan fingerprint density at radius 1 is 0.944 bits per heavy atom. The van der Waals surface area contributed by atoms with E-state index in [-0.39, 0.29) is 4.90 Å². The number of nitrogens with zero attached hydrogens (tertiary/aromatic N) is 7. The Kier molecular flexibility index (Phi) is 6.53. The van der Waals surface area contributed by atoms with Crippen molar-refractivity contribution < 1.29 is 13.2 Å². The van der Waals surface area contributed by atoms with Gasteiger partial charge in [-0.1, -0.05) is 22.9 Å². The summed E-state index contributed by atoms with van der Waals surface area (Å²) in [7, 11) is -2.07. The molecule has 0 saturated carbocycles. The van der Waals surface area contributed by atoms with Crippen molar-refractivity contribution in [3.05, 3.63) is 72.6 Å². The average molecular weight is 507 g/mol. The van der Waals surface area contributed by atoms with E-state index in [9.17, 15) is 8.42 Å². The van der Waals surface area contributed by atoms with Crippen LogP contribution in [0.1, 0.15) is 5.56 Å². The van der Waals surface area contributed by atoms with Crippen molar-refractivity contribution in [3.8, 4) is 11.6 Å². The van der Waals surface area contributed by atoms with Crippen LogP contribution in [0.15, 0.2) is 71.9 Å². The summed E-state index contributed by atoms with van der Waals surface area (Å²) in [6.07, 6.45) is 3.29. The Bertz CT molecular complexity index is 1420. The van der Waals surface area contributed by atoms with Crippen LogP contribution in [0.2, 0.25) is 0 Å². The molecule has 1 fully saturated rings. The van der Waals surface area contributed by atoms with Crippen molar-refractivity contribution >= 4 is 27.5 Å². The molecule has 4 aromatic rings. The zero-order valence-electron chi connectivity index (χ0n) is 19.9. The van der Waals surface area contributed by atoms with Gasteiger partial charge in [0.05, 0.1) is 24.4 Å². The van der Waals surface area contributed by atoms with E-state index in [0.29, 0.717) is 49.5 Å². The lowest BCUT2D eigenvalue weighted by atomic mass is 10.2. The van der Waals surface area contributed by atoms with Gasteiger partial charge in [0.1, 0.15) is 11.6 Å². The monoisotopic (exact) mass is 506 g/mol. The molecule has 1 N–H and O–H groups in total. The van der Waals surface area contributed by atoms with Gasteiger partial charge in [0.2, 0.25) is 16.0 Å². The highest BCUT2D eigenvalue weighted by Gasteiger charge is 2.29. The summed E-state index contributed by atoms with van der Waals surface area (Å²) in [5.41, 5.74) is 2.06. The molecule has 5 rings (SSSR count). The second kappa shape index (κ2) is 9.91. The molecule has 12 heteroatoms. The molecule has 0 radical (unpaired) electrons. The molecule has 0 bridgehead atoms. The normalized spacial score (nSPS) is 14.6. The van der Waals surface area contributed by atoms with Crippen LogP contribution < -0.4 is 15.0 Å². The number of rotatable bonds is 7. The van der Waals surface area contributed by atoms with E-state index >= 15 is 0 Å². The van der Waals surface area contributed by atoms with Crippen molar-refractivity contribution in [3.63, 3.8) is 0 Å². The summed E-state index contributed by atoms with van der Waals surface area (Å²) in [6, 6.07) is 16.2. The summed E-state index contributed by atoms with van der Waals surface area (Å²) < 4.78 is 34.4. The first-order valence-corrected chi connectivity index (χ1v) is 12.8. The fourth-order valence-electron chi connectivity index (χ4n) is 3.89. The smallest absolute Gasteiger partial charge is 0.243 e. The van der Waals surface area contributed by atoms with Crippen LogP contribution in [-0.2, 0) is 10.0 Å². The molecule has 0 aliphatic carbocycles. The Balaban J connectivity index is 1.36. The number of hydrogen-bond acceptors (Lipinski definition) is 9. The van der Waals surface area contributed by atoms with Gasteiger partial charge in [0.25, 0.3) is 0 Å². The third kappa shape index (κ3) is 4.99. The van der Waals surface area contributed by atoms with E-state index in [1.807, 2.05) is 36.1 Å². The van der Waals surface area contributed by atoms with Crippen LogP contribution in [0, 0.1) is 6.92 Å². The van der Waals surface area contributed by atoms with Crippen molar-refractivity contribution in [2.45, 2.75) is 11.8 Å². The fraction of sp³-hybridized carbons (Fsp3) is 0.250. The van der Waals surface area contributed by atoms with Crippen molar-refractivity contribution in [1.29, 1.82) is 0 Å². The first-order chi connectivity index (χ1) is 17.4. The fourth-order valence-corrected chi connectivity index (χ4v) is 5.31. The highest BCUT2D eigenvalue weighted by atomic mass is 32.2. The number of sulfonamides is 1. The molecular weight excluding hydrogens is 480 g/mol. The number of aryl methyl sites for hydroxylation is 1. The summed E-state index contributed by atoms with van der Waals surface area (Å²) in [6.45, 7) is 3.54. The van der Waals surface area contributed by atoms with Gasteiger partial charge in [-0.15, -0.1) is 5.10 Å². The zero-order chi connectivity index (χ0) is 25.1. The van der Waals surface area contributed by atoms with Gasteiger partial charge in [0, 0.05) is 37.9 Å². The maximum Gasteiger partial charge on any atom is 0.243 e. The molecule has 36 heavy (non-hydrogen) atoms. The molecule has 0 amide bonds. The minimum atomic E-state index is -3.61. The lowest BCUT2D eigenvalue weighted by Crippen LogP contribution is -2.49. The van der Waals surface area contributed by atoms with Gasteiger partial charge in [-0.05, 0) is 43.3 Å². The van der Waals surface area contributed by atoms with Crippen LogP contribution in [-0.4, -0.2) is 71.0 Å². The largest absolute Gasteiger partial charge is 0.497 e. The number of nitrogens with one attached hydrogen (secondary N) is 1. The summed E-state index contributed by atoms with van der Waals surface area (Å²) in [5, 5.41) is 11.3. The molecule has 186 valence electrons. The first-order valence-electron chi connectivity index (χ1n) is 11.4. The van der Waals surface area contributed by atoms with Gasteiger partial charge in [0.15, 0.2) is 5.82 Å². The number of methoxy groups -OCH3 is 1. The third-order valence-corrected chi connectivity index (χ3v) is 7.81. The van der Waals surface area contributed by atoms with E-state index in [1.54, 1.807) is 54.5 Å². The molecule has 2 aromatic carbocycles. The number of aromatic nitrogens is 5. The molecule has 2 aromatic heterocycles. The molecule has 0 spiro atoms. The molecule has 0 unspecified atom stereocenters. The molecular formula is C24H26N8O3S. The van der Waals surface area contributed by atoms with Gasteiger partial charge in [-0.2, -0.15) is 14.3 Å². The molecule has 3 heterocycles. The number of hydrogen-bond donors (Lipinski definition) is 1. The molecule has 0 atom stereocenters. The second-order valence-corrected chi connectivity index (χ2v) is 10.3.